The molecule has 98 valence electrons. The highest BCUT2D eigenvalue weighted by atomic mass is 79.9. The molecule has 0 bridgehead atoms. The lowest BCUT2D eigenvalue weighted by molar-refractivity contribution is 0.420. The molecule has 0 unspecified atom stereocenters. The summed E-state index contributed by atoms with van der Waals surface area (Å²) in [5.74, 6) is 0. The van der Waals surface area contributed by atoms with Gasteiger partial charge in [-0.3, -0.25) is 0 Å². The number of nitrogens with zero attached hydrogens (tertiary/aromatic N) is 1. The van der Waals surface area contributed by atoms with E-state index < -0.39 is 0 Å². The first kappa shape index (κ1) is 13.8. The molecule has 1 heterocycles. The quantitative estimate of drug-likeness (QED) is 0.791. The largest absolute Gasteiger partial charge is 0.356 e. The van der Waals surface area contributed by atoms with Gasteiger partial charge in [0.2, 0.25) is 0 Å². The van der Waals surface area contributed by atoms with Crippen molar-refractivity contribution in [2.24, 2.45) is 0 Å². The maximum Gasteiger partial charge on any atom is 0.184 e. The molecule has 2 aromatic rings. The van der Waals surface area contributed by atoms with Crippen LogP contribution < -0.4 is 5.32 Å². The van der Waals surface area contributed by atoms with Gasteiger partial charge in [-0.2, -0.15) is 0 Å². The van der Waals surface area contributed by atoms with Crippen molar-refractivity contribution in [2.75, 3.05) is 5.32 Å². The Bertz CT molecular complexity index is 523. The molecule has 0 amide bonds. The van der Waals surface area contributed by atoms with Crippen molar-refractivity contribution < 1.29 is 0 Å². The lowest BCUT2D eigenvalue weighted by Crippen LogP contribution is -2.35. The second-order valence-electron chi connectivity index (χ2n) is 4.60. The highest BCUT2D eigenvalue weighted by Gasteiger charge is 2.24. The van der Waals surface area contributed by atoms with Gasteiger partial charge in [0, 0.05) is 10.0 Å². The second-order valence-corrected chi connectivity index (χ2v) is 6.54. The van der Waals surface area contributed by atoms with Gasteiger partial charge < -0.3 is 5.32 Å². The monoisotopic (exact) mass is 326 g/mol. The zero-order chi connectivity index (χ0) is 13.2. The number of halogens is 1. The van der Waals surface area contributed by atoms with Crippen LogP contribution in [0.25, 0.3) is 10.2 Å². The molecule has 0 radical (unpaired) electrons. The fourth-order valence-electron chi connectivity index (χ4n) is 2.20. The van der Waals surface area contributed by atoms with Crippen LogP contribution >= 0.6 is 27.3 Å². The molecule has 1 aromatic heterocycles. The van der Waals surface area contributed by atoms with E-state index in [-0.39, 0.29) is 5.54 Å². The normalized spacial score (nSPS) is 12.0. The van der Waals surface area contributed by atoms with E-state index in [4.69, 9.17) is 0 Å². The number of rotatable bonds is 5. The molecule has 1 aromatic carbocycles. The zero-order valence-electron chi connectivity index (χ0n) is 11.1. The third-order valence-corrected chi connectivity index (χ3v) is 5.20. The van der Waals surface area contributed by atoms with Gasteiger partial charge in [0.05, 0.1) is 10.2 Å². The molecular weight excluding hydrogens is 308 g/mol. The van der Waals surface area contributed by atoms with Crippen LogP contribution in [0.5, 0.6) is 0 Å². The van der Waals surface area contributed by atoms with Gasteiger partial charge in [-0.15, -0.1) is 0 Å². The third kappa shape index (κ3) is 2.69. The van der Waals surface area contributed by atoms with Gasteiger partial charge >= 0.3 is 0 Å². The minimum absolute atomic E-state index is 0.186. The Hall–Kier alpha value is -0.610. The number of nitrogens with one attached hydrogen (secondary N) is 1. The highest BCUT2D eigenvalue weighted by Crippen LogP contribution is 2.32. The predicted molar refractivity (Wildman–Crippen MR) is 84.5 cm³/mol. The Morgan fingerprint density at radius 3 is 2.50 bits per heavy atom. The Morgan fingerprint density at radius 1 is 1.22 bits per heavy atom. The standard InChI is InChI=1S/C14H19BrN2S/c1-4-14(5-2,6-3)17-13-16-11-9-10(15)7-8-12(11)18-13/h7-9H,4-6H2,1-3H3,(H,16,17). The molecule has 0 aliphatic rings. The van der Waals surface area contributed by atoms with Crippen LogP contribution in [0.1, 0.15) is 40.0 Å². The van der Waals surface area contributed by atoms with Crippen LogP contribution in [0, 0.1) is 0 Å². The van der Waals surface area contributed by atoms with Gasteiger partial charge in [0.15, 0.2) is 5.13 Å². The molecule has 0 aliphatic heterocycles. The van der Waals surface area contributed by atoms with Crippen LogP contribution in [0.2, 0.25) is 0 Å². The van der Waals surface area contributed by atoms with Crippen LogP contribution in [0.4, 0.5) is 5.13 Å². The maximum atomic E-state index is 4.68. The fraction of sp³-hybridized carbons (Fsp3) is 0.500. The van der Waals surface area contributed by atoms with E-state index in [2.05, 4.69) is 65.2 Å². The minimum atomic E-state index is 0.186. The summed E-state index contributed by atoms with van der Waals surface area (Å²) in [5.41, 5.74) is 1.25. The van der Waals surface area contributed by atoms with E-state index in [0.29, 0.717) is 0 Å². The number of fused-ring (bicyclic) bond motifs is 1. The van der Waals surface area contributed by atoms with Crippen molar-refractivity contribution >= 4 is 42.6 Å². The summed E-state index contributed by atoms with van der Waals surface area (Å²) >= 11 is 5.22. The average molecular weight is 327 g/mol. The molecule has 2 nitrogen and oxygen atoms in total. The van der Waals surface area contributed by atoms with Gasteiger partial charge in [-0.25, -0.2) is 4.98 Å². The van der Waals surface area contributed by atoms with E-state index in [1.54, 1.807) is 11.3 Å². The Kier molecular flexibility index (Phi) is 4.28. The smallest absolute Gasteiger partial charge is 0.184 e. The topological polar surface area (TPSA) is 24.9 Å². The fourth-order valence-corrected chi connectivity index (χ4v) is 3.51. The summed E-state index contributed by atoms with van der Waals surface area (Å²) in [6.45, 7) is 6.72. The number of aromatic nitrogens is 1. The highest BCUT2D eigenvalue weighted by molar-refractivity contribution is 9.10. The van der Waals surface area contributed by atoms with Crippen LogP contribution in [-0.2, 0) is 0 Å². The number of anilines is 1. The van der Waals surface area contributed by atoms with Gasteiger partial charge in [-0.1, -0.05) is 48.0 Å². The van der Waals surface area contributed by atoms with Crippen LogP contribution in [0.3, 0.4) is 0 Å². The molecule has 0 atom stereocenters. The minimum Gasteiger partial charge on any atom is -0.356 e. The second kappa shape index (κ2) is 5.57. The van der Waals surface area contributed by atoms with Crippen molar-refractivity contribution in [1.82, 2.24) is 4.98 Å². The van der Waals surface area contributed by atoms with Crippen molar-refractivity contribution in [3.63, 3.8) is 0 Å². The number of hydrogen-bond donors (Lipinski definition) is 1. The van der Waals surface area contributed by atoms with E-state index in [0.717, 1.165) is 34.4 Å². The molecule has 0 aliphatic carbocycles. The van der Waals surface area contributed by atoms with E-state index in [9.17, 15) is 0 Å². The van der Waals surface area contributed by atoms with Crippen LogP contribution in [-0.4, -0.2) is 10.5 Å². The molecular formula is C14H19BrN2S. The molecule has 4 heteroatoms. The lowest BCUT2D eigenvalue weighted by Gasteiger charge is -2.31. The number of hydrogen-bond acceptors (Lipinski definition) is 3. The molecule has 0 saturated heterocycles. The summed E-state index contributed by atoms with van der Waals surface area (Å²) in [4.78, 5) is 4.68. The Labute approximate surface area is 121 Å². The van der Waals surface area contributed by atoms with Crippen molar-refractivity contribution in [1.29, 1.82) is 0 Å². The van der Waals surface area contributed by atoms with Gasteiger partial charge in [0.1, 0.15) is 0 Å². The first-order chi connectivity index (χ1) is 8.62. The molecule has 0 saturated carbocycles. The van der Waals surface area contributed by atoms with Crippen molar-refractivity contribution in [2.45, 2.75) is 45.6 Å². The average Bonchev–Trinajstić information content (AvgIpc) is 2.77. The summed E-state index contributed by atoms with van der Waals surface area (Å²) in [6, 6.07) is 6.26. The lowest BCUT2D eigenvalue weighted by atomic mass is 9.90. The molecule has 0 fully saturated rings. The first-order valence-corrected chi connectivity index (χ1v) is 8.07. The first-order valence-electron chi connectivity index (χ1n) is 6.46. The summed E-state index contributed by atoms with van der Waals surface area (Å²) < 4.78 is 2.32. The number of benzene rings is 1. The van der Waals surface area contributed by atoms with Gasteiger partial charge in [0.25, 0.3) is 0 Å². The summed E-state index contributed by atoms with van der Waals surface area (Å²) in [5, 5.41) is 4.68. The summed E-state index contributed by atoms with van der Waals surface area (Å²) in [6.07, 6.45) is 3.37. The van der Waals surface area contributed by atoms with E-state index in [1.165, 1.54) is 4.70 Å². The maximum absolute atomic E-state index is 4.68. The predicted octanol–water partition coefficient (Wildman–Crippen LogP) is 5.44. The Balaban J connectivity index is 2.31. The van der Waals surface area contributed by atoms with E-state index >= 15 is 0 Å². The molecule has 2 rings (SSSR count). The SMILES string of the molecule is CCC(CC)(CC)Nc1nc2cc(Br)ccc2s1. The zero-order valence-corrected chi connectivity index (χ0v) is 13.5. The van der Waals surface area contributed by atoms with Crippen LogP contribution in [0.15, 0.2) is 22.7 Å². The van der Waals surface area contributed by atoms with E-state index in [1.807, 2.05) is 0 Å². The third-order valence-electron chi connectivity index (χ3n) is 3.75. The molecule has 18 heavy (non-hydrogen) atoms. The van der Waals surface area contributed by atoms with Crippen molar-refractivity contribution in [3.05, 3.63) is 22.7 Å². The molecule has 0 spiro atoms. The van der Waals surface area contributed by atoms with Gasteiger partial charge in [-0.05, 0) is 37.5 Å². The Morgan fingerprint density at radius 2 is 1.89 bits per heavy atom. The van der Waals surface area contributed by atoms with Crippen molar-refractivity contribution in [3.8, 4) is 0 Å². The summed E-state index contributed by atoms with van der Waals surface area (Å²) in [7, 11) is 0. The molecule has 1 N–H and O–H groups in total. The number of thiazole rings is 1.